The standard InChI is InChI=1S/C19H21ClN2O2S/c1-13(14-6-8-15(20)9-7-14)24-12-16(23)10-21-11-19-22-17-4-2-3-5-18(17)25-19/h2-9,13,16,21,23H,10-12H2,1H3/t13-,16+/m1/s1. The van der Waals surface area contributed by atoms with Crippen molar-refractivity contribution in [3.8, 4) is 0 Å². The molecule has 2 atom stereocenters. The topological polar surface area (TPSA) is 54.4 Å². The Kier molecular flexibility index (Phi) is 6.39. The van der Waals surface area contributed by atoms with Crippen molar-refractivity contribution >= 4 is 33.2 Å². The first-order valence-corrected chi connectivity index (χ1v) is 9.41. The number of halogens is 1. The molecule has 4 nitrogen and oxygen atoms in total. The molecule has 1 heterocycles. The Bertz CT molecular complexity index is 774. The Labute approximate surface area is 156 Å². The average molecular weight is 377 g/mol. The molecule has 0 aliphatic carbocycles. The minimum Gasteiger partial charge on any atom is -0.389 e. The van der Waals surface area contributed by atoms with E-state index in [1.165, 1.54) is 4.70 Å². The molecule has 0 radical (unpaired) electrons. The van der Waals surface area contributed by atoms with Gasteiger partial charge in [-0.25, -0.2) is 4.98 Å². The predicted molar refractivity (Wildman–Crippen MR) is 103 cm³/mol. The highest BCUT2D eigenvalue weighted by atomic mass is 35.5. The van der Waals surface area contributed by atoms with Crippen LogP contribution in [0.1, 0.15) is 23.6 Å². The van der Waals surface area contributed by atoms with Gasteiger partial charge in [-0.15, -0.1) is 11.3 Å². The van der Waals surface area contributed by atoms with Crippen LogP contribution in [0.25, 0.3) is 10.2 Å². The van der Waals surface area contributed by atoms with Crippen LogP contribution in [0.5, 0.6) is 0 Å². The van der Waals surface area contributed by atoms with E-state index < -0.39 is 6.10 Å². The molecule has 0 aliphatic heterocycles. The van der Waals surface area contributed by atoms with Crippen LogP contribution in [0.4, 0.5) is 0 Å². The highest BCUT2D eigenvalue weighted by molar-refractivity contribution is 7.18. The quantitative estimate of drug-likeness (QED) is 0.619. The van der Waals surface area contributed by atoms with Gasteiger partial charge in [0.25, 0.3) is 0 Å². The van der Waals surface area contributed by atoms with E-state index in [1.54, 1.807) is 11.3 Å². The van der Waals surface area contributed by atoms with Gasteiger partial charge < -0.3 is 15.2 Å². The summed E-state index contributed by atoms with van der Waals surface area (Å²) >= 11 is 7.55. The first-order valence-electron chi connectivity index (χ1n) is 8.22. The van der Waals surface area contributed by atoms with Crippen LogP contribution in [0.2, 0.25) is 5.02 Å². The van der Waals surface area contributed by atoms with Gasteiger partial charge in [-0.3, -0.25) is 0 Å². The summed E-state index contributed by atoms with van der Waals surface area (Å²) in [5.74, 6) is 0. The zero-order valence-electron chi connectivity index (χ0n) is 14.0. The number of aliphatic hydroxyl groups is 1. The molecule has 0 spiro atoms. The van der Waals surface area contributed by atoms with E-state index in [4.69, 9.17) is 16.3 Å². The van der Waals surface area contributed by atoms with Crippen LogP contribution in [0, 0.1) is 0 Å². The van der Waals surface area contributed by atoms with Crippen LogP contribution in [-0.4, -0.2) is 29.3 Å². The van der Waals surface area contributed by atoms with Crippen LogP contribution in [0.15, 0.2) is 48.5 Å². The van der Waals surface area contributed by atoms with Gasteiger partial charge in [-0.2, -0.15) is 0 Å². The zero-order valence-corrected chi connectivity index (χ0v) is 15.6. The number of ether oxygens (including phenoxy) is 1. The monoisotopic (exact) mass is 376 g/mol. The van der Waals surface area contributed by atoms with Gasteiger partial charge >= 0.3 is 0 Å². The number of hydrogen-bond acceptors (Lipinski definition) is 5. The van der Waals surface area contributed by atoms with Gasteiger partial charge in [0.1, 0.15) is 5.01 Å². The van der Waals surface area contributed by atoms with Gasteiger partial charge in [0.2, 0.25) is 0 Å². The second-order valence-electron chi connectivity index (χ2n) is 5.89. The van der Waals surface area contributed by atoms with Crippen LogP contribution in [-0.2, 0) is 11.3 Å². The number of nitrogens with zero attached hydrogens (tertiary/aromatic N) is 1. The molecule has 2 aromatic carbocycles. The number of nitrogens with one attached hydrogen (secondary N) is 1. The van der Waals surface area contributed by atoms with Crippen molar-refractivity contribution in [1.29, 1.82) is 0 Å². The molecule has 0 saturated heterocycles. The number of hydrogen-bond donors (Lipinski definition) is 2. The first kappa shape index (κ1) is 18.3. The molecule has 6 heteroatoms. The lowest BCUT2D eigenvalue weighted by Crippen LogP contribution is -2.30. The first-order chi connectivity index (χ1) is 12.1. The van der Waals surface area contributed by atoms with E-state index >= 15 is 0 Å². The van der Waals surface area contributed by atoms with E-state index in [2.05, 4.69) is 16.4 Å². The lowest BCUT2D eigenvalue weighted by molar-refractivity contribution is -0.00212. The number of fused-ring (bicyclic) bond motifs is 1. The van der Waals surface area contributed by atoms with E-state index in [0.717, 1.165) is 16.1 Å². The molecular weight excluding hydrogens is 356 g/mol. The lowest BCUT2D eigenvalue weighted by Gasteiger charge is -2.17. The minimum absolute atomic E-state index is 0.0869. The molecule has 25 heavy (non-hydrogen) atoms. The summed E-state index contributed by atoms with van der Waals surface area (Å²) in [6, 6.07) is 15.6. The molecule has 0 bridgehead atoms. The van der Waals surface area contributed by atoms with Crippen LogP contribution < -0.4 is 5.32 Å². The van der Waals surface area contributed by atoms with E-state index in [1.807, 2.05) is 49.4 Å². The summed E-state index contributed by atoms with van der Waals surface area (Å²) in [4.78, 5) is 4.56. The third-order valence-electron chi connectivity index (χ3n) is 3.87. The molecule has 1 aromatic heterocycles. The predicted octanol–water partition coefficient (Wildman–Crippen LogP) is 4.18. The molecule has 3 rings (SSSR count). The number of para-hydroxylation sites is 1. The van der Waals surface area contributed by atoms with E-state index in [-0.39, 0.29) is 12.7 Å². The van der Waals surface area contributed by atoms with Crippen molar-refractivity contribution < 1.29 is 9.84 Å². The normalized spacial score (nSPS) is 13.9. The fourth-order valence-electron chi connectivity index (χ4n) is 2.49. The number of benzene rings is 2. The van der Waals surface area contributed by atoms with Gasteiger partial charge in [-0.1, -0.05) is 35.9 Å². The number of thiazole rings is 1. The van der Waals surface area contributed by atoms with Gasteiger partial charge in [0.15, 0.2) is 0 Å². The second-order valence-corrected chi connectivity index (χ2v) is 7.44. The molecule has 132 valence electrons. The summed E-state index contributed by atoms with van der Waals surface area (Å²) in [6.45, 7) is 3.34. The largest absolute Gasteiger partial charge is 0.389 e. The van der Waals surface area contributed by atoms with Crippen LogP contribution in [0.3, 0.4) is 0 Å². The summed E-state index contributed by atoms with van der Waals surface area (Å²) in [5, 5.41) is 15.0. The molecule has 0 aliphatic rings. The molecule has 3 aromatic rings. The SMILES string of the molecule is C[C@@H](OC[C@@H](O)CNCc1nc2ccccc2s1)c1ccc(Cl)cc1. The summed E-state index contributed by atoms with van der Waals surface area (Å²) in [6.07, 6.45) is -0.652. The number of rotatable bonds is 8. The Hall–Kier alpha value is -1.50. The van der Waals surface area contributed by atoms with Gasteiger partial charge in [-0.05, 0) is 36.8 Å². The van der Waals surface area contributed by atoms with E-state index in [0.29, 0.717) is 18.1 Å². The van der Waals surface area contributed by atoms with Crippen molar-refractivity contribution in [2.24, 2.45) is 0 Å². The fourth-order valence-corrected chi connectivity index (χ4v) is 3.55. The Morgan fingerprint density at radius 3 is 2.72 bits per heavy atom. The van der Waals surface area contributed by atoms with Crippen molar-refractivity contribution in [1.82, 2.24) is 10.3 Å². The highest BCUT2D eigenvalue weighted by Crippen LogP contribution is 2.21. The maximum absolute atomic E-state index is 10.1. The average Bonchev–Trinajstić information content (AvgIpc) is 3.03. The number of aliphatic hydroxyl groups excluding tert-OH is 1. The third kappa shape index (κ3) is 5.23. The highest BCUT2D eigenvalue weighted by Gasteiger charge is 2.10. The smallest absolute Gasteiger partial charge is 0.108 e. The maximum atomic E-state index is 10.1. The Balaban J connectivity index is 1.40. The van der Waals surface area contributed by atoms with Crippen molar-refractivity contribution in [3.05, 3.63) is 64.1 Å². The fraction of sp³-hybridized carbons (Fsp3) is 0.316. The van der Waals surface area contributed by atoms with Crippen molar-refractivity contribution in [3.63, 3.8) is 0 Å². The molecular formula is C19H21ClN2O2S. The van der Waals surface area contributed by atoms with Gasteiger partial charge in [0, 0.05) is 18.1 Å². The summed E-state index contributed by atoms with van der Waals surface area (Å²) in [5.41, 5.74) is 2.06. The lowest BCUT2D eigenvalue weighted by atomic mass is 10.1. The Morgan fingerprint density at radius 1 is 1.20 bits per heavy atom. The van der Waals surface area contributed by atoms with E-state index in [9.17, 15) is 5.11 Å². The molecule has 0 fully saturated rings. The summed E-state index contributed by atoms with van der Waals surface area (Å²) in [7, 11) is 0. The van der Waals surface area contributed by atoms with Crippen LogP contribution >= 0.6 is 22.9 Å². The Morgan fingerprint density at radius 2 is 1.96 bits per heavy atom. The van der Waals surface area contributed by atoms with Crippen molar-refractivity contribution in [2.45, 2.75) is 25.7 Å². The maximum Gasteiger partial charge on any atom is 0.108 e. The molecule has 0 unspecified atom stereocenters. The molecule has 0 amide bonds. The zero-order chi connectivity index (χ0) is 17.6. The molecule has 0 saturated carbocycles. The third-order valence-corrected chi connectivity index (χ3v) is 5.16. The minimum atomic E-state index is -0.566. The molecule has 2 N–H and O–H groups in total. The van der Waals surface area contributed by atoms with Gasteiger partial charge in [0.05, 0.1) is 29.0 Å². The number of aromatic nitrogens is 1. The second kappa shape index (κ2) is 8.74. The summed E-state index contributed by atoms with van der Waals surface area (Å²) < 4.78 is 6.91. The van der Waals surface area contributed by atoms with Crippen molar-refractivity contribution in [2.75, 3.05) is 13.2 Å².